The standard InChI is InChI=1S/C16H22N6OS/c1-11-5-2-3-7-13(11)19-14(23)10-24-16-21-20-15(22(16)17)12-6-4-8-18-9-12/h4,6,8-9,11,13H,2-3,5,7,10,17H2,1H3,(H,19,23)/t11-,13+/m0/s1. The lowest BCUT2D eigenvalue weighted by Crippen LogP contribution is -2.41. The van der Waals surface area contributed by atoms with E-state index in [0.29, 0.717) is 16.9 Å². The van der Waals surface area contributed by atoms with E-state index in [1.165, 1.54) is 35.7 Å². The first-order valence-corrected chi connectivity index (χ1v) is 9.16. The van der Waals surface area contributed by atoms with E-state index in [1.807, 2.05) is 12.1 Å². The molecule has 0 aliphatic heterocycles. The van der Waals surface area contributed by atoms with Crippen molar-refractivity contribution in [1.29, 1.82) is 0 Å². The van der Waals surface area contributed by atoms with Gasteiger partial charge < -0.3 is 11.2 Å². The lowest BCUT2D eigenvalue weighted by molar-refractivity contribution is -0.119. The van der Waals surface area contributed by atoms with Crippen LogP contribution >= 0.6 is 11.8 Å². The van der Waals surface area contributed by atoms with Crippen LogP contribution in [0, 0.1) is 5.92 Å². The lowest BCUT2D eigenvalue weighted by atomic mass is 9.86. The Labute approximate surface area is 145 Å². The molecule has 2 atom stereocenters. The van der Waals surface area contributed by atoms with E-state index in [-0.39, 0.29) is 17.7 Å². The SMILES string of the molecule is C[C@H]1CCCC[C@H]1NC(=O)CSc1nnc(-c2cccnc2)n1N. The minimum absolute atomic E-state index is 0.0182. The van der Waals surface area contributed by atoms with Gasteiger partial charge >= 0.3 is 0 Å². The molecule has 24 heavy (non-hydrogen) atoms. The van der Waals surface area contributed by atoms with Crippen molar-refractivity contribution in [2.75, 3.05) is 11.6 Å². The van der Waals surface area contributed by atoms with Crippen LogP contribution in [-0.2, 0) is 4.79 Å². The van der Waals surface area contributed by atoms with Crippen LogP contribution in [0.3, 0.4) is 0 Å². The van der Waals surface area contributed by atoms with Gasteiger partial charge in [-0.05, 0) is 30.9 Å². The Morgan fingerprint density at radius 1 is 1.42 bits per heavy atom. The van der Waals surface area contributed by atoms with Crippen molar-refractivity contribution in [2.24, 2.45) is 5.92 Å². The second-order valence-electron chi connectivity index (χ2n) is 6.14. The van der Waals surface area contributed by atoms with E-state index in [9.17, 15) is 4.79 Å². The quantitative estimate of drug-likeness (QED) is 0.633. The van der Waals surface area contributed by atoms with Crippen LogP contribution in [0.4, 0.5) is 0 Å². The third kappa shape index (κ3) is 3.87. The summed E-state index contributed by atoms with van der Waals surface area (Å²) in [5.41, 5.74) is 0.792. The monoisotopic (exact) mass is 346 g/mol. The zero-order valence-electron chi connectivity index (χ0n) is 13.7. The van der Waals surface area contributed by atoms with Gasteiger partial charge in [0.25, 0.3) is 0 Å². The van der Waals surface area contributed by atoms with Crippen LogP contribution in [0.1, 0.15) is 32.6 Å². The Bertz CT molecular complexity index is 689. The average molecular weight is 346 g/mol. The Balaban J connectivity index is 1.57. The fourth-order valence-electron chi connectivity index (χ4n) is 2.98. The molecule has 0 spiro atoms. The average Bonchev–Trinajstić information content (AvgIpc) is 2.97. The molecular formula is C16H22N6OS. The molecule has 2 heterocycles. The van der Waals surface area contributed by atoms with E-state index in [0.717, 1.165) is 12.0 Å². The maximum absolute atomic E-state index is 12.2. The first-order valence-electron chi connectivity index (χ1n) is 8.18. The summed E-state index contributed by atoms with van der Waals surface area (Å²) in [5, 5.41) is 11.8. The Hall–Kier alpha value is -2.09. The summed E-state index contributed by atoms with van der Waals surface area (Å²) in [7, 11) is 0. The van der Waals surface area contributed by atoms with Crippen molar-refractivity contribution in [3.63, 3.8) is 0 Å². The largest absolute Gasteiger partial charge is 0.352 e. The molecule has 1 amide bonds. The number of thioether (sulfide) groups is 1. The van der Waals surface area contributed by atoms with Crippen molar-refractivity contribution in [2.45, 2.75) is 43.8 Å². The highest BCUT2D eigenvalue weighted by atomic mass is 32.2. The number of nitrogens with two attached hydrogens (primary N) is 1. The summed E-state index contributed by atoms with van der Waals surface area (Å²) < 4.78 is 1.40. The molecule has 3 rings (SSSR count). The van der Waals surface area contributed by atoms with Crippen molar-refractivity contribution in [3.05, 3.63) is 24.5 Å². The third-order valence-corrected chi connectivity index (χ3v) is 5.32. The topological polar surface area (TPSA) is 98.7 Å². The number of nitrogens with zero attached hydrogens (tertiary/aromatic N) is 4. The number of nitrogen functional groups attached to an aromatic ring is 1. The number of aromatic nitrogens is 4. The Morgan fingerprint density at radius 2 is 2.25 bits per heavy atom. The zero-order valence-corrected chi connectivity index (χ0v) is 14.5. The number of amides is 1. The van der Waals surface area contributed by atoms with Gasteiger partial charge in [0.05, 0.1) is 5.75 Å². The highest BCUT2D eigenvalue weighted by Crippen LogP contribution is 2.24. The van der Waals surface area contributed by atoms with Crippen LogP contribution < -0.4 is 11.2 Å². The van der Waals surface area contributed by atoms with Gasteiger partial charge in [-0.1, -0.05) is 31.5 Å². The molecule has 3 N–H and O–H groups in total. The molecule has 7 nitrogen and oxygen atoms in total. The van der Waals surface area contributed by atoms with E-state index in [2.05, 4.69) is 27.4 Å². The molecule has 128 valence electrons. The molecule has 0 saturated heterocycles. The maximum Gasteiger partial charge on any atom is 0.230 e. The number of carbonyl (C=O) groups excluding carboxylic acids is 1. The summed E-state index contributed by atoms with van der Waals surface area (Å²) in [6, 6.07) is 3.97. The van der Waals surface area contributed by atoms with E-state index in [4.69, 9.17) is 5.84 Å². The first kappa shape index (κ1) is 16.8. The highest BCUT2D eigenvalue weighted by Gasteiger charge is 2.23. The molecule has 1 fully saturated rings. The van der Waals surface area contributed by atoms with Crippen LogP contribution in [0.15, 0.2) is 29.7 Å². The predicted molar refractivity (Wildman–Crippen MR) is 93.7 cm³/mol. The van der Waals surface area contributed by atoms with E-state index in [1.54, 1.807) is 12.4 Å². The molecule has 0 unspecified atom stereocenters. The summed E-state index contributed by atoms with van der Waals surface area (Å²) in [5.74, 6) is 7.42. The van der Waals surface area contributed by atoms with E-state index >= 15 is 0 Å². The van der Waals surface area contributed by atoms with Gasteiger partial charge in [-0.3, -0.25) is 9.78 Å². The summed E-state index contributed by atoms with van der Waals surface area (Å²) in [6.07, 6.45) is 8.06. The minimum Gasteiger partial charge on any atom is -0.352 e. The molecule has 0 radical (unpaired) electrons. The predicted octanol–water partition coefficient (Wildman–Crippen LogP) is 1.84. The van der Waals surface area contributed by atoms with Crippen molar-refractivity contribution in [3.8, 4) is 11.4 Å². The number of hydrogen-bond donors (Lipinski definition) is 2. The normalized spacial score (nSPS) is 20.7. The maximum atomic E-state index is 12.2. The van der Waals surface area contributed by atoms with Crippen LogP contribution in [-0.4, -0.2) is 37.6 Å². The van der Waals surface area contributed by atoms with Crippen LogP contribution in [0.5, 0.6) is 0 Å². The molecule has 0 aromatic carbocycles. The van der Waals surface area contributed by atoms with Gasteiger partial charge in [0.1, 0.15) is 0 Å². The number of rotatable bonds is 5. The van der Waals surface area contributed by atoms with Gasteiger partial charge in [-0.15, -0.1) is 10.2 Å². The summed E-state index contributed by atoms with van der Waals surface area (Å²) in [6.45, 7) is 2.20. The Morgan fingerprint density at radius 3 is 3.00 bits per heavy atom. The number of pyridine rings is 1. The van der Waals surface area contributed by atoms with Gasteiger partial charge in [0.15, 0.2) is 5.82 Å². The van der Waals surface area contributed by atoms with Gasteiger partial charge in [-0.25, -0.2) is 4.68 Å². The number of nitrogens with one attached hydrogen (secondary N) is 1. The smallest absolute Gasteiger partial charge is 0.230 e. The number of hydrogen-bond acceptors (Lipinski definition) is 6. The molecule has 1 aliphatic carbocycles. The molecule has 2 aromatic rings. The Kier molecular flexibility index (Phi) is 5.34. The first-order chi connectivity index (χ1) is 11.6. The number of carbonyl (C=O) groups is 1. The zero-order chi connectivity index (χ0) is 16.9. The fourth-order valence-corrected chi connectivity index (χ4v) is 3.64. The summed E-state index contributed by atoms with van der Waals surface area (Å²) >= 11 is 1.29. The molecular weight excluding hydrogens is 324 g/mol. The highest BCUT2D eigenvalue weighted by molar-refractivity contribution is 7.99. The second kappa shape index (κ2) is 7.65. The fraction of sp³-hybridized carbons (Fsp3) is 0.500. The second-order valence-corrected chi connectivity index (χ2v) is 7.08. The third-order valence-electron chi connectivity index (χ3n) is 4.37. The van der Waals surface area contributed by atoms with Gasteiger partial charge in [-0.2, -0.15) is 0 Å². The van der Waals surface area contributed by atoms with Crippen molar-refractivity contribution >= 4 is 17.7 Å². The van der Waals surface area contributed by atoms with Crippen LogP contribution in [0.25, 0.3) is 11.4 Å². The minimum atomic E-state index is 0.0182. The molecule has 8 heteroatoms. The van der Waals surface area contributed by atoms with E-state index < -0.39 is 0 Å². The van der Waals surface area contributed by atoms with Crippen LogP contribution in [0.2, 0.25) is 0 Å². The summed E-state index contributed by atoms with van der Waals surface area (Å²) in [4.78, 5) is 16.2. The molecule has 1 saturated carbocycles. The van der Waals surface area contributed by atoms with Gasteiger partial charge in [0, 0.05) is 24.0 Å². The lowest BCUT2D eigenvalue weighted by Gasteiger charge is -2.29. The molecule has 1 aliphatic rings. The van der Waals surface area contributed by atoms with Crippen molar-refractivity contribution in [1.82, 2.24) is 25.2 Å². The molecule has 2 aromatic heterocycles. The molecule has 0 bridgehead atoms. The van der Waals surface area contributed by atoms with Gasteiger partial charge in [0.2, 0.25) is 11.1 Å². The van der Waals surface area contributed by atoms with Crippen molar-refractivity contribution < 1.29 is 4.79 Å².